The topological polar surface area (TPSA) is 71.0 Å². The number of nitrogens with zero attached hydrogens (tertiary/aromatic N) is 1. The van der Waals surface area contributed by atoms with Crippen molar-refractivity contribution in [2.75, 3.05) is 19.1 Å². The number of hydrogen-bond donors (Lipinski definition) is 2. The van der Waals surface area contributed by atoms with Crippen molar-refractivity contribution < 1.29 is 19.4 Å². The van der Waals surface area contributed by atoms with Crippen LogP contribution >= 0.6 is 23.8 Å². The highest BCUT2D eigenvalue weighted by Crippen LogP contribution is 2.37. The fourth-order valence-electron chi connectivity index (χ4n) is 3.14. The van der Waals surface area contributed by atoms with Gasteiger partial charge in [-0.1, -0.05) is 17.7 Å². The first-order valence-electron chi connectivity index (χ1n) is 8.39. The number of carbonyl (C=O) groups is 1. The summed E-state index contributed by atoms with van der Waals surface area (Å²) in [6, 6.07) is 11.4. The highest BCUT2D eigenvalue weighted by Gasteiger charge is 2.35. The van der Waals surface area contributed by atoms with Crippen molar-refractivity contribution in [1.29, 1.82) is 0 Å². The smallest absolute Gasteiger partial charge is 0.337 e. The standard InChI is InChI=1S/C20H19ClN2O4S/c1-11-17(19(25)27-3)18(12-4-9-15(24)16(10-12)26-2)22-20(28)23(11)14-7-5-13(21)6-8-14/h4-10,18,24H,1-3H3,(H,22,28). The number of ether oxygens (including phenoxy) is 2. The van der Waals surface area contributed by atoms with Gasteiger partial charge in [-0.15, -0.1) is 0 Å². The summed E-state index contributed by atoms with van der Waals surface area (Å²) in [5, 5.41) is 14.1. The molecule has 28 heavy (non-hydrogen) atoms. The molecule has 0 amide bonds. The maximum atomic E-state index is 12.6. The van der Waals surface area contributed by atoms with E-state index in [0.717, 1.165) is 5.69 Å². The summed E-state index contributed by atoms with van der Waals surface area (Å²) in [7, 11) is 2.79. The lowest BCUT2D eigenvalue weighted by atomic mass is 9.94. The Labute approximate surface area is 173 Å². The minimum Gasteiger partial charge on any atom is -0.504 e. The molecule has 1 aliphatic rings. The minimum absolute atomic E-state index is 0.00717. The van der Waals surface area contributed by atoms with Gasteiger partial charge in [-0.25, -0.2) is 4.79 Å². The summed E-state index contributed by atoms with van der Waals surface area (Å²) < 4.78 is 10.2. The zero-order valence-corrected chi connectivity index (χ0v) is 17.1. The van der Waals surface area contributed by atoms with Crippen molar-refractivity contribution in [2.24, 2.45) is 0 Å². The first-order chi connectivity index (χ1) is 13.4. The molecule has 6 nitrogen and oxygen atoms in total. The molecule has 1 unspecified atom stereocenters. The fraction of sp³-hybridized carbons (Fsp3) is 0.200. The number of carbonyl (C=O) groups excluding carboxylic acids is 1. The summed E-state index contributed by atoms with van der Waals surface area (Å²) in [6.45, 7) is 1.80. The van der Waals surface area contributed by atoms with Crippen LogP contribution in [0.1, 0.15) is 18.5 Å². The molecule has 1 atom stereocenters. The zero-order valence-electron chi connectivity index (χ0n) is 15.5. The second-order valence-electron chi connectivity index (χ2n) is 6.12. The van der Waals surface area contributed by atoms with Crippen LogP contribution in [-0.2, 0) is 9.53 Å². The van der Waals surface area contributed by atoms with E-state index < -0.39 is 12.0 Å². The number of esters is 1. The minimum atomic E-state index is -0.557. The van der Waals surface area contributed by atoms with Gasteiger partial charge in [-0.3, -0.25) is 4.90 Å². The molecule has 0 saturated carbocycles. The number of thiocarbonyl (C=S) groups is 1. The Balaban J connectivity index is 2.13. The number of rotatable bonds is 4. The molecule has 0 aromatic heterocycles. The quantitative estimate of drug-likeness (QED) is 0.575. The lowest BCUT2D eigenvalue weighted by Gasteiger charge is -2.37. The van der Waals surface area contributed by atoms with Gasteiger partial charge in [-0.2, -0.15) is 0 Å². The Morgan fingerprint density at radius 1 is 1.21 bits per heavy atom. The molecular formula is C20H19ClN2O4S. The van der Waals surface area contributed by atoms with E-state index in [0.29, 0.717) is 32.7 Å². The molecule has 2 aromatic rings. The van der Waals surface area contributed by atoms with E-state index in [-0.39, 0.29) is 5.75 Å². The van der Waals surface area contributed by atoms with Crippen LogP contribution in [0.15, 0.2) is 53.7 Å². The number of hydrogen-bond acceptors (Lipinski definition) is 5. The maximum absolute atomic E-state index is 12.6. The fourth-order valence-corrected chi connectivity index (χ4v) is 3.63. The predicted octanol–water partition coefficient (Wildman–Crippen LogP) is 3.94. The molecule has 0 fully saturated rings. The third-order valence-electron chi connectivity index (χ3n) is 4.51. The van der Waals surface area contributed by atoms with Gasteiger partial charge < -0.3 is 19.9 Å². The molecule has 2 N–H and O–H groups in total. The normalized spacial score (nSPS) is 16.6. The van der Waals surface area contributed by atoms with E-state index >= 15 is 0 Å². The van der Waals surface area contributed by atoms with Crippen molar-refractivity contribution in [3.63, 3.8) is 0 Å². The van der Waals surface area contributed by atoms with Crippen LogP contribution in [0.2, 0.25) is 5.02 Å². The van der Waals surface area contributed by atoms with Gasteiger partial charge in [0.1, 0.15) is 0 Å². The lowest BCUT2D eigenvalue weighted by Crippen LogP contribution is -2.48. The molecule has 3 rings (SSSR count). The van der Waals surface area contributed by atoms with E-state index in [1.54, 1.807) is 36.1 Å². The number of anilines is 1. The summed E-state index contributed by atoms with van der Waals surface area (Å²) in [5.41, 5.74) is 2.50. The van der Waals surface area contributed by atoms with Crippen LogP contribution in [0.5, 0.6) is 11.5 Å². The van der Waals surface area contributed by atoms with Crippen LogP contribution in [0.3, 0.4) is 0 Å². The Kier molecular flexibility index (Phi) is 5.76. The molecule has 1 heterocycles. The van der Waals surface area contributed by atoms with Crippen LogP contribution < -0.4 is 15.0 Å². The Bertz CT molecular complexity index is 959. The van der Waals surface area contributed by atoms with Gasteiger partial charge in [0, 0.05) is 16.4 Å². The number of methoxy groups -OCH3 is 2. The van der Waals surface area contributed by atoms with Crippen LogP contribution in [0.4, 0.5) is 5.69 Å². The van der Waals surface area contributed by atoms with Gasteiger partial charge in [-0.05, 0) is 61.1 Å². The van der Waals surface area contributed by atoms with E-state index in [4.69, 9.17) is 33.3 Å². The van der Waals surface area contributed by atoms with Crippen molar-refractivity contribution in [3.8, 4) is 11.5 Å². The molecule has 8 heteroatoms. The number of nitrogens with one attached hydrogen (secondary N) is 1. The Morgan fingerprint density at radius 2 is 1.89 bits per heavy atom. The number of halogens is 1. The van der Waals surface area contributed by atoms with Gasteiger partial charge in [0.25, 0.3) is 0 Å². The van der Waals surface area contributed by atoms with Crippen LogP contribution in [0.25, 0.3) is 0 Å². The average Bonchev–Trinajstić information content (AvgIpc) is 2.69. The largest absolute Gasteiger partial charge is 0.504 e. The van der Waals surface area contributed by atoms with Gasteiger partial charge >= 0.3 is 5.97 Å². The molecule has 1 aliphatic heterocycles. The van der Waals surface area contributed by atoms with E-state index in [1.807, 2.05) is 12.1 Å². The molecule has 2 aromatic carbocycles. The molecule has 146 valence electrons. The highest BCUT2D eigenvalue weighted by molar-refractivity contribution is 7.80. The van der Waals surface area contributed by atoms with Crippen LogP contribution in [0, 0.1) is 0 Å². The van der Waals surface area contributed by atoms with Crippen molar-refractivity contribution in [3.05, 3.63) is 64.3 Å². The van der Waals surface area contributed by atoms with E-state index in [2.05, 4.69) is 5.32 Å². The van der Waals surface area contributed by atoms with E-state index in [9.17, 15) is 9.90 Å². The summed E-state index contributed by atoms with van der Waals surface area (Å²) >= 11 is 11.6. The summed E-state index contributed by atoms with van der Waals surface area (Å²) in [5.74, 6) is -0.177. The third-order valence-corrected chi connectivity index (χ3v) is 5.06. The number of aromatic hydroxyl groups is 1. The lowest BCUT2D eigenvalue weighted by molar-refractivity contribution is -0.136. The maximum Gasteiger partial charge on any atom is 0.337 e. The molecule has 0 aliphatic carbocycles. The second-order valence-corrected chi connectivity index (χ2v) is 6.94. The monoisotopic (exact) mass is 418 g/mol. The first kappa shape index (κ1) is 20.0. The molecule has 0 bridgehead atoms. The van der Waals surface area contributed by atoms with Gasteiger partial charge in [0.15, 0.2) is 16.6 Å². The van der Waals surface area contributed by atoms with Crippen molar-refractivity contribution in [2.45, 2.75) is 13.0 Å². The Hall–Kier alpha value is -2.77. The van der Waals surface area contributed by atoms with Gasteiger partial charge in [0.05, 0.1) is 25.8 Å². The third kappa shape index (κ3) is 3.63. The summed E-state index contributed by atoms with van der Waals surface area (Å²) in [6.07, 6.45) is 0. The Morgan fingerprint density at radius 3 is 2.50 bits per heavy atom. The molecular weight excluding hydrogens is 400 g/mol. The average molecular weight is 419 g/mol. The second kappa shape index (κ2) is 8.08. The SMILES string of the molecule is COC(=O)C1=C(C)N(c2ccc(Cl)cc2)C(=S)NC1c1ccc(O)c(OC)c1. The van der Waals surface area contributed by atoms with Crippen molar-refractivity contribution >= 4 is 40.6 Å². The number of phenolic OH excluding ortho intramolecular Hbond substituents is 1. The first-order valence-corrected chi connectivity index (χ1v) is 9.18. The number of allylic oxidation sites excluding steroid dienone is 1. The van der Waals surface area contributed by atoms with E-state index in [1.165, 1.54) is 20.3 Å². The van der Waals surface area contributed by atoms with Crippen LogP contribution in [-0.4, -0.2) is 30.4 Å². The highest BCUT2D eigenvalue weighted by atomic mass is 35.5. The summed E-state index contributed by atoms with van der Waals surface area (Å²) in [4.78, 5) is 14.4. The van der Waals surface area contributed by atoms with Gasteiger partial charge in [0.2, 0.25) is 0 Å². The zero-order chi connectivity index (χ0) is 20.4. The number of phenols is 1. The molecule has 0 spiro atoms. The predicted molar refractivity (Wildman–Crippen MR) is 112 cm³/mol. The van der Waals surface area contributed by atoms with Crippen molar-refractivity contribution in [1.82, 2.24) is 5.32 Å². The molecule has 0 saturated heterocycles. The number of benzene rings is 2. The molecule has 0 radical (unpaired) electrons.